The van der Waals surface area contributed by atoms with Crippen LogP contribution in [0.2, 0.25) is 0 Å². The molecule has 114 valence electrons. The van der Waals surface area contributed by atoms with Crippen molar-refractivity contribution in [2.24, 2.45) is 0 Å². The highest BCUT2D eigenvalue weighted by atomic mass is 16.3. The molecule has 1 aliphatic heterocycles. The lowest BCUT2D eigenvalue weighted by molar-refractivity contribution is 0.0593. The molecule has 2 rings (SSSR count). The predicted octanol–water partition coefficient (Wildman–Crippen LogP) is -0.0284. The largest absolute Gasteiger partial charge is 0.395 e. The number of piperazine rings is 1. The van der Waals surface area contributed by atoms with Crippen LogP contribution >= 0.6 is 0 Å². The maximum atomic E-state index is 9.36. The molecule has 0 saturated carbocycles. The van der Waals surface area contributed by atoms with Crippen molar-refractivity contribution in [1.82, 2.24) is 30.0 Å². The van der Waals surface area contributed by atoms with Gasteiger partial charge in [0.1, 0.15) is 0 Å². The fourth-order valence-corrected chi connectivity index (χ4v) is 2.71. The Bertz CT molecular complexity index is 384. The summed E-state index contributed by atoms with van der Waals surface area (Å²) in [6, 6.07) is 0.308. The van der Waals surface area contributed by atoms with Crippen LogP contribution in [0.4, 0.5) is 0 Å². The van der Waals surface area contributed by atoms with Gasteiger partial charge in [-0.2, -0.15) is 0 Å². The number of aliphatic hydroxyl groups is 1. The van der Waals surface area contributed by atoms with Crippen molar-refractivity contribution in [3.8, 4) is 0 Å². The standard InChI is InChI=1S/C13H26N6O/c1-3-5-19-13(14-15-16-19)10-17-6-8-18(9-7-17)12(4-2)11-20/h12,20H,3-11H2,1-2H3/t12-/m0/s1. The average molecular weight is 282 g/mol. The molecule has 0 spiro atoms. The van der Waals surface area contributed by atoms with Crippen LogP contribution in [0.3, 0.4) is 0 Å². The molecule has 2 heterocycles. The van der Waals surface area contributed by atoms with E-state index < -0.39 is 0 Å². The molecule has 0 bridgehead atoms. The Hall–Kier alpha value is -1.05. The molecule has 1 saturated heterocycles. The van der Waals surface area contributed by atoms with Gasteiger partial charge < -0.3 is 5.11 Å². The molecule has 7 heteroatoms. The van der Waals surface area contributed by atoms with Gasteiger partial charge in [0, 0.05) is 38.8 Å². The highest BCUT2D eigenvalue weighted by Crippen LogP contribution is 2.11. The van der Waals surface area contributed by atoms with E-state index in [0.29, 0.717) is 6.04 Å². The molecule has 1 fully saturated rings. The maximum absolute atomic E-state index is 9.36. The van der Waals surface area contributed by atoms with Gasteiger partial charge in [-0.15, -0.1) is 5.10 Å². The van der Waals surface area contributed by atoms with E-state index in [-0.39, 0.29) is 6.61 Å². The van der Waals surface area contributed by atoms with E-state index in [4.69, 9.17) is 0 Å². The lowest BCUT2D eigenvalue weighted by Crippen LogP contribution is -2.51. The maximum Gasteiger partial charge on any atom is 0.165 e. The Morgan fingerprint density at radius 1 is 1.20 bits per heavy atom. The van der Waals surface area contributed by atoms with Gasteiger partial charge >= 0.3 is 0 Å². The molecule has 7 nitrogen and oxygen atoms in total. The van der Waals surface area contributed by atoms with Gasteiger partial charge in [-0.05, 0) is 23.3 Å². The molecular weight excluding hydrogens is 256 g/mol. The molecule has 0 aromatic carbocycles. The fourth-order valence-electron chi connectivity index (χ4n) is 2.71. The van der Waals surface area contributed by atoms with E-state index in [1.165, 1.54) is 0 Å². The first-order valence-electron chi connectivity index (χ1n) is 7.60. The number of tetrazole rings is 1. The summed E-state index contributed by atoms with van der Waals surface area (Å²) >= 11 is 0. The molecular formula is C13H26N6O. The minimum atomic E-state index is 0.255. The predicted molar refractivity (Wildman–Crippen MR) is 76.1 cm³/mol. The van der Waals surface area contributed by atoms with Crippen LogP contribution in [0.15, 0.2) is 0 Å². The zero-order valence-electron chi connectivity index (χ0n) is 12.6. The highest BCUT2D eigenvalue weighted by Gasteiger charge is 2.23. The molecule has 1 N–H and O–H groups in total. The van der Waals surface area contributed by atoms with E-state index in [0.717, 1.165) is 57.9 Å². The first-order chi connectivity index (χ1) is 9.78. The number of aliphatic hydroxyl groups excluding tert-OH is 1. The first-order valence-corrected chi connectivity index (χ1v) is 7.60. The molecule has 1 aromatic heterocycles. The molecule has 0 aliphatic carbocycles. The van der Waals surface area contributed by atoms with E-state index in [1.54, 1.807) is 0 Å². The molecule has 1 aliphatic rings. The molecule has 0 unspecified atom stereocenters. The minimum Gasteiger partial charge on any atom is -0.395 e. The van der Waals surface area contributed by atoms with E-state index in [1.807, 2.05) is 4.68 Å². The Labute approximate surface area is 120 Å². The summed E-state index contributed by atoms with van der Waals surface area (Å²) < 4.78 is 1.90. The molecule has 0 radical (unpaired) electrons. The summed E-state index contributed by atoms with van der Waals surface area (Å²) in [6.45, 7) is 10.2. The van der Waals surface area contributed by atoms with Crippen molar-refractivity contribution < 1.29 is 5.11 Å². The Morgan fingerprint density at radius 2 is 1.95 bits per heavy atom. The third-order valence-electron chi connectivity index (χ3n) is 4.01. The fraction of sp³-hybridized carbons (Fsp3) is 0.923. The van der Waals surface area contributed by atoms with Gasteiger partial charge in [0.25, 0.3) is 0 Å². The Kier molecular flexibility index (Phi) is 5.87. The SMILES string of the molecule is CCCn1nnnc1CN1CCN([C@@H](CC)CO)CC1. The Morgan fingerprint density at radius 3 is 2.55 bits per heavy atom. The van der Waals surface area contributed by atoms with E-state index in [2.05, 4.69) is 39.2 Å². The molecule has 0 amide bonds. The molecule has 1 atom stereocenters. The highest BCUT2D eigenvalue weighted by molar-refractivity contribution is 4.84. The van der Waals surface area contributed by atoms with Crippen LogP contribution in [0, 0.1) is 0 Å². The monoisotopic (exact) mass is 282 g/mol. The number of hydrogen-bond acceptors (Lipinski definition) is 6. The van der Waals surface area contributed by atoms with Gasteiger partial charge in [-0.1, -0.05) is 13.8 Å². The molecule has 20 heavy (non-hydrogen) atoms. The summed E-state index contributed by atoms with van der Waals surface area (Å²) in [5, 5.41) is 21.3. The average Bonchev–Trinajstić information content (AvgIpc) is 2.90. The lowest BCUT2D eigenvalue weighted by atomic mass is 10.1. The zero-order chi connectivity index (χ0) is 14.4. The van der Waals surface area contributed by atoms with Gasteiger partial charge in [-0.25, -0.2) is 4.68 Å². The number of nitrogens with zero attached hydrogens (tertiary/aromatic N) is 6. The minimum absolute atomic E-state index is 0.255. The second-order valence-electron chi connectivity index (χ2n) is 5.38. The van der Waals surface area contributed by atoms with Gasteiger partial charge in [0.2, 0.25) is 0 Å². The van der Waals surface area contributed by atoms with E-state index >= 15 is 0 Å². The van der Waals surface area contributed by atoms with Crippen molar-refractivity contribution in [1.29, 1.82) is 0 Å². The summed E-state index contributed by atoms with van der Waals surface area (Å²) in [5.41, 5.74) is 0. The van der Waals surface area contributed by atoms with Crippen LogP contribution < -0.4 is 0 Å². The summed E-state index contributed by atoms with van der Waals surface area (Å²) in [4.78, 5) is 4.77. The number of aryl methyl sites for hydroxylation is 1. The smallest absolute Gasteiger partial charge is 0.165 e. The van der Waals surface area contributed by atoms with Crippen LogP contribution in [0.1, 0.15) is 32.5 Å². The van der Waals surface area contributed by atoms with Crippen molar-refractivity contribution in [2.75, 3.05) is 32.8 Å². The van der Waals surface area contributed by atoms with E-state index in [9.17, 15) is 5.11 Å². The molecule has 1 aromatic rings. The second-order valence-corrected chi connectivity index (χ2v) is 5.38. The summed E-state index contributed by atoms with van der Waals surface area (Å²) in [6.07, 6.45) is 2.05. The van der Waals surface area contributed by atoms with Crippen molar-refractivity contribution in [2.45, 2.75) is 45.8 Å². The van der Waals surface area contributed by atoms with Crippen LogP contribution in [0.5, 0.6) is 0 Å². The second kappa shape index (κ2) is 7.66. The Balaban J connectivity index is 1.83. The van der Waals surface area contributed by atoms with Gasteiger partial charge in [0.05, 0.1) is 13.2 Å². The zero-order valence-corrected chi connectivity index (χ0v) is 12.6. The van der Waals surface area contributed by atoms with Crippen LogP contribution in [-0.2, 0) is 13.1 Å². The van der Waals surface area contributed by atoms with Crippen molar-refractivity contribution in [3.05, 3.63) is 5.82 Å². The third-order valence-corrected chi connectivity index (χ3v) is 4.01. The van der Waals surface area contributed by atoms with Crippen molar-refractivity contribution in [3.63, 3.8) is 0 Å². The van der Waals surface area contributed by atoms with Crippen LogP contribution in [0.25, 0.3) is 0 Å². The van der Waals surface area contributed by atoms with Crippen LogP contribution in [-0.4, -0.2) is 73.9 Å². The number of rotatable bonds is 7. The summed E-state index contributed by atoms with van der Waals surface area (Å²) in [5.74, 6) is 0.953. The quantitative estimate of drug-likeness (QED) is 0.757. The van der Waals surface area contributed by atoms with Gasteiger partial charge in [0.15, 0.2) is 5.82 Å². The normalized spacial score (nSPS) is 19.4. The topological polar surface area (TPSA) is 70.3 Å². The number of aromatic nitrogens is 4. The van der Waals surface area contributed by atoms with Crippen molar-refractivity contribution >= 4 is 0 Å². The lowest BCUT2D eigenvalue weighted by Gasteiger charge is -2.38. The van der Waals surface area contributed by atoms with Gasteiger partial charge in [-0.3, -0.25) is 9.80 Å². The third kappa shape index (κ3) is 3.74. The summed E-state index contributed by atoms with van der Waals surface area (Å²) in [7, 11) is 0. The number of hydrogen-bond donors (Lipinski definition) is 1. The first kappa shape index (κ1) is 15.3.